The van der Waals surface area contributed by atoms with Crippen molar-refractivity contribution in [2.75, 3.05) is 13.7 Å². The van der Waals surface area contributed by atoms with Gasteiger partial charge in [0.05, 0.1) is 16.3 Å². The van der Waals surface area contributed by atoms with Gasteiger partial charge < -0.3 is 10.1 Å². The highest BCUT2D eigenvalue weighted by Gasteiger charge is 2.15. The highest BCUT2D eigenvalue weighted by Crippen LogP contribution is 2.16. The summed E-state index contributed by atoms with van der Waals surface area (Å²) in [4.78, 5) is 5.71. The van der Waals surface area contributed by atoms with Gasteiger partial charge in [-0.05, 0) is 27.7 Å². The first-order valence-corrected chi connectivity index (χ1v) is 5.95. The van der Waals surface area contributed by atoms with E-state index in [1.165, 1.54) is 4.88 Å². The second-order valence-corrected chi connectivity index (χ2v) is 5.60. The largest absolute Gasteiger partial charge is 0.377 e. The predicted octanol–water partition coefficient (Wildman–Crippen LogP) is 2.27. The standard InChI is InChI=1S/C11H20N2OS/c1-8-10(15-9(2)13-8)6-12-7-11(3,4)14-5/h12H,6-7H2,1-5H3. The first-order chi connectivity index (χ1) is 6.94. The molecule has 15 heavy (non-hydrogen) atoms. The van der Waals surface area contributed by atoms with E-state index in [2.05, 4.69) is 31.1 Å². The second-order valence-electron chi connectivity index (χ2n) is 4.31. The van der Waals surface area contributed by atoms with Gasteiger partial charge in [-0.25, -0.2) is 4.98 Å². The maximum absolute atomic E-state index is 5.34. The van der Waals surface area contributed by atoms with Gasteiger partial charge in [0.25, 0.3) is 0 Å². The van der Waals surface area contributed by atoms with Crippen molar-refractivity contribution in [3.05, 3.63) is 15.6 Å². The highest BCUT2D eigenvalue weighted by atomic mass is 32.1. The highest BCUT2D eigenvalue weighted by molar-refractivity contribution is 7.11. The molecule has 0 aliphatic carbocycles. The molecule has 1 N–H and O–H groups in total. The number of nitrogens with one attached hydrogen (secondary N) is 1. The fourth-order valence-electron chi connectivity index (χ4n) is 1.29. The van der Waals surface area contributed by atoms with E-state index < -0.39 is 0 Å². The van der Waals surface area contributed by atoms with Crippen LogP contribution in [-0.2, 0) is 11.3 Å². The average molecular weight is 228 g/mol. The van der Waals surface area contributed by atoms with Gasteiger partial charge in [-0.3, -0.25) is 0 Å². The summed E-state index contributed by atoms with van der Waals surface area (Å²) in [5, 5.41) is 4.53. The van der Waals surface area contributed by atoms with E-state index in [0.717, 1.165) is 23.8 Å². The lowest BCUT2D eigenvalue weighted by molar-refractivity contribution is 0.0231. The molecule has 0 spiro atoms. The Hall–Kier alpha value is -0.450. The molecule has 0 unspecified atom stereocenters. The summed E-state index contributed by atoms with van der Waals surface area (Å²) in [6.45, 7) is 9.97. The summed E-state index contributed by atoms with van der Waals surface area (Å²) < 4.78 is 5.34. The van der Waals surface area contributed by atoms with Crippen molar-refractivity contribution in [2.45, 2.75) is 39.8 Å². The van der Waals surface area contributed by atoms with Crippen molar-refractivity contribution in [1.29, 1.82) is 0 Å². The van der Waals surface area contributed by atoms with E-state index in [1.54, 1.807) is 18.4 Å². The zero-order valence-electron chi connectivity index (χ0n) is 10.2. The maximum atomic E-state index is 5.34. The van der Waals surface area contributed by atoms with Gasteiger partial charge in [0, 0.05) is 25.1 Å². The quantitative estimate of drug-likeness (QED) is 0.839. The Morgan fingerprint density at radius 3 is 2.53 bits per heavy atom. The van der Waals surface area contributed by atoms with E-state index in [1.807, 2.05) is 6.92 Å². The van der Waals surface area contributed by atoms with Gasteiger partial charge in [0.15, 0.2) is 0 Å². The molecule has 3 nitrogen and oxygen atoms in total. The summed E-state index contributed by atoms with van der Waals surface area (Å²) in [6, 6.07) is 0. The summed E-state index contributed by atoms with van der Waals surface area (Å²) in [6.07, 6.45) is 0. The van der Waals surface area contributed by atoms with Crippen LogP contribution in [0.5, 0.6) is 0 Å². The molecule has 0 saturated heterocycles. The molecular formula is C11H20N2OS. The van der Waals surface area contributed by atoms with E-state index in [-0.39, 0.29) is 5.60 Å². The van der Waals surface area contributed by atoms with Crippen LogP contribution in [0.25, 0.3) is 0 Å². The molecule has 0 aliphatic heterocycles. The van der Waals surface area contributed by atoms with Gasteiger partial charge in [-0.2, -0.15) is 0 Å². The summed E-state index contributed by atoms with van der Waals surface area (Å²) in [7, 11) is 1.74. The van der Waals surface area contributed by atoms with Gasteiger partial charge >= 0.3 is 0 Å². The van der Waals surface area contributed by atoms with E-state index in [9.17, 15) is 0 Å². The molecule has 0 saturated carbocycles. The molecule has 1 aromatic rings. The van der Waals surface area contributed by atoms with E-state index >= 15 is 0 Å². The molecule has 0 fully saturated rings. The van der Waals surface area contributed by atoms with Crippen LogP contribution >= 0.6 is 11.3 Å². The summed E-state index contributed by atoms with van der Waals surface area (Å²) in [5.41, 5.74) is 1.04. The van der Waals surface area contributed by atoms with Crippen LogP contribution in [0.15, 0.2) is 0 Å². The Balaban J connectivity index is 2.41. The van der Waals surface area contributed by atoms with Crippen LogP contribution in [-0.4, -0.2) is 24.2 Å². The Labute approximate surface area is 95.9 Å². The maximum Gasteiger partial charge on any atom is 0.0900 e. The van der Waals surface area contributed by atoms with Crippen LogP contribution in [0.1, 0.15) is 29.4 Å². The minimum absolute atomic E-state index is 0.104. The van der Waals surface area contributed by atoms with Gasteiger partial charge in [-0.15, -0.1) is 11.3 Å². The number of hydrogen-bond acceptors (Lipinski definition) is 4. The third kappa shape index (κ3) is 3.89. The molecule has 1 aromatic heterocycles. The third-order valence-corrected chi connectivity index (χ3v) is 3.46. The van der Waals surface area contributed by atoms with Crippen LogP contribution < -0.4 is 5.32 Å². The third-order valence-electron chi connectivity index (χ3n) is 2.39. The van der Waals surface area contributed by atoms with Crippen molar-refractivity contribution in [3.8, 4) is 0 Å². The van der Waals surface area contributed by atoms with Crippen molar-refractivity contribution in [1.82, 2.24) is 10.3 Å². The van der Waals surface area contributed by atoms with Crippen molar-refractivity contribution in [3.63, 3.8) is 0 Å². The number of ether oxygens (including phenoxy) is 1. The Kier molecular flexibility index (Phi) is 4.25. The first-order valence-electron chi connectivity index (χ1n) is 5.13. The van der Waals surface area contributed by atoms with Crippen LogP contribution in [0, 0.1) is 13.8 Å². The molecule has 0 atom stereocenters. The lowest BCUT2D eigenvalue weighted by atomic mass is 10.1. The number of hydrogen-bond donors (Lipinski definition) is 1. The number of nitrogens with zero attached hydrogens (tertiary/aromatic N) is 1. The smallest absolute Gasteiger partial charge is 0.0900 e. The van der Waals surface area contributed by atoms with E-state index in [4.69, 9.17) is 4.74 Å². The summed E-state index contributed by atoms with van der Waals surface area (Å²) >= 11 is 1.76. The minimum Gasteiger partial charge on any atom is -0.377 e. The van der Waals surface area contributed by atoms with E-state index in [0.29, 0.717) is 0 Å². The van der Waals surface area contributed by atoms with Crippen molar-refractivity contribution >= 4 is 11.3 Å². The minimum atomic E-state index is -0.104. The lowest BCUT2D eigenvalue weighted by Crippen LogP contribution is -2.36. The summed E-state index contributed by atoms with van der Waals surface area (Å²) in [5.74, 6) is 0. The average Bonchev–Trinajstić information content (AvgIpc) is 2.45. The van der Waals surface area contributed by atoms with Gasteiger partial charge in [-0.1, -0.05) is 0 Å². The molecule has 0 bridgehead atoms. The zero-order valence-corrected chi connectivity index (χ0v) is 11.0. The van der Waals surface area contributed by atoms with Crippen molar-refractivity contribution in [2.24, 2.45) is 0 Å². The van der Waals surface area contributed by atoms with Crippen LogP contribution in [0.3, 0.4) is 0 Å². The van der Waals surface area contributed by atoms with Crippen LogP contribution in [0.2, 0.25) is 0 Å². The molecule has 0 amide bonds. The Bertz CT molecular complexity index is 320. The monoisotopic (exact) mass is 228 g/mol. The predicted molar refractivity (Wildman–Crippen MR) is 64.4 cm³/mol. The number of rotatable bonds is 5. The number of aromatic nitrogens is 1. The molecule has 0 aliphatic rings. The van der Waals surface area contributed by atoms with Crippen LogP contribution in [0.4, 0.5) is 0 Å². The van der Waals surface area contributed by atoms with Crippen molar-refractivity contribution < 1.29 is 4.74 Å². The SMILES string of the molecule is COC(C)(C)CNCc1sc(C)nc1C. The zero-order chi connectivity index (χ0) is 11.5. The van der Waals surface area contributed by atoms with Gasteiger partial charge in [0.1, 0.15) is 0 Å². The lowest BCUT2D eigenvalue weighted by Gasteiger charge is -2.23. The molecular weight excluding hydrogens is 208 g/mol. The molecule has 1 rings (SSSR count). The molecule has 86 valence electrons. The number of aryl methyl sites for hydroxylation is 2. The molecule has 1 heterocycles. The number of thiazole rings is 1. The normalized spacial score (nSPS) is 12.1. The second kappa shape index (κ2) is 5.05. The fourth-order valence-corrected chi connectivity index (χ4v) is 2.19. The van der Waals surface area contributed by atoms with Gasteiger partial charge in [0.2, 0.25) is 0 Å². The number of methoxy groups -OCH3 is 1. The first kappa shape index (κ1) is 12.6. The topological polar surface area (TPSA) is 34.1 Å². The Morgan fingerprint density at radius 1 is 1.40 bits per heavy atom. The fraction of sp³-hybridized carbons (Fsp3) is 0.727. The molecule has 0 aromatic carbocycles. The molecule has 4 heteroatoms. The Morgan fingerprint density at radius 2 is 2.07 bits per heavy atom. The molecule has 0 radical (unpaired) electrons.